The third-order valence-electron chi connectivity index (χ3n) is 4.67. The molecule has 0 aliphatic carbocycles. The number of hydrogen-bond donors (Lipinski definition) is 1. The Hall–Kier alpha value is -3.05. The Morgan fingerprint density at radius 1 is 0.929 bits per heavy atom. The zero-order chi connectivity index (χ0) is 19.7. The highest BCUT2D eigenvalue weighted by Gasteiger charge is 2.16. The van der Waals surface area contributed by atoms with Crippen LogP contribution in [0.4, 0.5) is 8.78 Å². The summed E-state index contributed by atoms with van der Waals surface area (Å²) < 4.78 is 26.6. The van der Waals surface area contributed by atoms with Crippen molar-refractivity contribution in [2.24, 2.45) is 0 Å². The van der Waals surface area contributed by atoms with Gasteiger partial charge in [0.1, 0.15) is 0 Å². The van der Waals surface area contributed by atoms with Crippen LogP contribution in [0.5, 0.6) is 0 Å². The lowest BCUT2D eigenvalue weighted by atomic mass is 10.00. The minimum Gasteiger partial charge on any atom is -0.345 e. The average molecular weight is 393 g/mol. The van der Waals surface area contributed by atoms with E-state index in [2.05, 4.69) is 5.32 Å². The van der Waals surface area contributed by atoms with Crippen molar-refractivity contribution in [1.82, 2.24) is 5.32 Å². The summed E-state index contributed by atoms with van der Waals surface area (Å²) in [5.41, 5.74) is 1.59. The molecule has 0 fully saturated rings. The van der Waals surface area contributed by atoms with Crippen LogP contribution in [0.1, 0.15) is 28.2 Å². The Morgan fingerprint density at radius 2 is 1.71 bits per heavy atom. The number of benzene rings is 3. The van der Waals surface area contributed by atoms with Gasteiger partial charge in [-0.15, -0.1) is 11.3 Å². The van der Waals surface area contributed by atoms with Crippen molar-refractivity contribution in [1.29, 1.82) is 0 Å². The fraction of sp³-hybridized carbons (Fsp3) is 0.0870. The van der Waals surface area contributed by atoms with Crippen LogP contribution in [0, 0.1) is 11.6 Å². The first-order valence-electron chi connectivity index (χ1n) is 8.87. The lowest BCUT2D eigenvalue weighted by Crippen LogP contribution is -2.26. The molecule has 0 saturated heterocycles. The van der Waals surface area contributed by atoms with Gasteiger partial charge in [0.15, 0.2) is 11.6 Å². The van der Waals surface area contributed by atoms with E-state index in [9.17, 15) is 13.6 Å². The molecule has 5 heteroatoms. The van der Waals surface area contributed by atoms with E-state index >= 15 is 0 Å². The summed E-state index contributed by atoms with van der Waals surface area (Å²) in [5, 5.41) is 5.25. The van der Waals surface area contributed by atoms with E-state index in [1.807, 2.05) is 49.4 Å². The van der Waals surface area contributed by atoms with E-state index in [4.69, 9.17) is 0 Å². The Kier molecular flexibility index (Phi) is 4.92. The molecule has 1 heterocycles. The van der Waals surface area contributed by atoms with Gasteiger partial charge in [0.05, 0.1) is 10.9 Å². The number of hydrogen-bond acceptors (Lipinski definition) is 2. The van der Waals surface area contributed by atoms with Gasteiger partial charge in [0.25, 0.3) is 5.91 Å². The predicted octanol–water partition coefficient (Wildman–Crippen LogP) is 6.34. The molecule has 140 valence electrons. The van der Waals surface area contributed by atoms with Crippen molar-refractivity contribution in [3.63, 3.8) is 0 Å². The number of halogens is 2. The van der Waals surface area contributed by atoms with Crippen molar-refractivity contribution in [3.05, 3.63) is 94.9 Å². The second-order valence-electron chi connectivity index (χ2n) is 6.56. The smallest absolute Gasteiger partial charge is 0.261 e. The Morgan fingerprint density at radius 3 is 2.54 bits per heavy atom. The molecule has 3 aromatic carbocycles. The summed E-state index contributed by atoms with van der Waals surface area (Å²) in [6.45, 7) is 1.95. The van der Waals surface area contributed by atoms with Crippen molar-refractivity contribution in [3.8, 4) is 10.4 Å². The van der Waals surface area contributed by atoms with Crippen molar-refractivity contribution < 1.29 is 13.6 Å². The Labute approximate surface area is 165 Å². The summed E-state index contributed by atoms with van der Waals surface area (Å²) >= 11 is 1.25. The normalized spacial score (nSPS) is 12.1. The highest BCUT2D eigenvalue weighted by Crippen LogP contribution is 2.30. The van der Waals surface area contributed by atoms with E-state index < -0.39 is 11.6 Å². The number of fused-ring (bicyclic) bond motifs is 1. The average Bonchev–Trinajstić information content (AvgIpc) is 3.20. The molecule has 1 amide bonds. The molecular weight excluding hydrogens is 376 g/mol. The second-order valence-corrected chi connectivity index (χ2v) is 7.64. The lowest BCUT2D eigenvalue weighted by Gasteiger charge is -2.16. The van der Waals surface area contributed by atoms with Gasteiger partial charge in [-0.2, -0.15) is 0 Å². The molecule has 2 nitrogen and oxygen atoms in total. The standard InChI is InChI=1S/C23H17F2NOS/c1-14(17-8-4-6-15-5-2-3-7-18(15)17)26-23(27)22-12-11-21(28-22)16-9-10-19(24)20(25)13-16/h2-14H,1H3,(H,26,27)/t14-/m1/s1. The third kappa shape index (κ3) is 3.53. The molecule has 1 aromatic heterocycles. The van der Waals surface area contributed by atoms with Gasteiger partial charge in [-0.25, -0.2) is 8.78 Å². The SMILES string of the molecule is C[C@@H](NC(=O)c1ccc(-c2ccc(F)c(F)c2)s1)c1cccc2ccccc12. The van der Waals surface area contributed by atoms with Crippen LogP contribution < -0.4 is 5.32 Å². The first-order valence-corrected chi connectivity index (χ1v) is 9.68. The lowest BCUT2D eigenvalue weighted by molar-refractivity contribution is 0.0944. The van der Waals surface area contributed by atoms with Crippen molar-refractivity contribution in [2.45, 2.75) is 13.0 Å². The number of rotatable bonds is 4. The van der Waals surface area contributed by atoms with Gasteiger partial charge in [-0.3, -0.25) is 4.79 Å². The molecule has 0 aliphatic rings. The molecule has 1 N–H and O–H groups in total. The molecule has 4 aromatic rings. The van der Waals surface area contributed by atoms with Crippen molar-refractivity contribution >= 4 is 28.0 Å². The fourth-order valence-corrected chi connectivity index (χ4v) is 4.14. The van der Waals surface area contributed by atoms with Gasteiger partial charge in [0, 0.05) is 4.88 Å². The fourth-order valence-electron chi connectivity index (χ4n) is 3.24. The number of amides is 1. The first-order chi connectivity index (χ1) is 13.5. The third-order valence-corrected chi connectivity index (χ3v) is 5.80. The van der Waals surface area contributed by atoms with Crippen LogP contribution in [0.3, 0.4) is 0 Å². The molecule has 0 bridgehead atoms. The summed E-state index contributed by atoms with van der Waals surface area (Å²) in [4.78, 5) is 13.9. The Bertz CT molecular complexity index is 1160. The number of carbonyl (C=O) groups excluding carboxylic acids is 1. The number of carbonyl (C=O) groups is 1. The van der Waals surface area contributed by atoms with Crippen LogP contribution >= 0.6 is 11.3 Å². The molecule has 28 heavy (non-hydrogen) atoms. The molecule has 1 atom stereocenters. The maximum absolute atomic E-state index is 13.5. The van der Waals surface area contributed by atoms with Crippen LogP contribution in [0.15, 0.2) is 72.8 Å². The zero-order valence-electron chi connectivity index (χ0n) is 15.1. The van der Waals surface area contributed by atoms with Crippen LogP contribution in [0.25, 0.3) is 21.2 Å². The number of thiophene rings is 1. The predicted molar refractivity (Wildman–Crippen MR) is 110 cm³/mol. The highest BCUT2D eigenvalue weighted by molar-refractivity contribution is 7.17. The molecule has 0 spiro atoms. The molecule has 0 radical (unpaired) electrons. The molecule has 4 rings (SSSR count). The molecule has 0 aliphatic heterocycles. The summed E-state index contributed by atoms with van der Waals surface area (Å²) in [7, 11) is 0. The maximum atomic E-state index is 13.5. The van der Waals surface area contributed by atoms with Gasteiger partial charge in [0.2, 0.25) is 0 Å². The minimum atomic E-state index is -0.901. The van der Waals surface area contributed by atoms with Crippen LogP contribution in [-0.4, -0.2) is 5.91 Å². The second kappa shape index (κ2) is 7.52. The maximum Gasteiger partial charge on any atom is 0.261 e. The number of nitrogens with one attached hydrogen (secondary N) is 1. The van der Waals surface area contributed by atoms with Crippen LogP contribution in [-0.2, 0) is 0 Å². The van der Waals surface area contributed by atoms with Crippen molar-refractivity contribution in [2.75, 3.05) is 0 Å². The first kappa shape index (κ1) is 18.3. The van der Waals surface area contributed by atoms with E-state index in [-0.39, 0.29) is 11.9 Å². The zero-order valence-corrected chi connectivity index (χ0v) is 15.9. The summed E-state index contributed by atoms with van der Waals surface area (Å²) in [6, 6.07) is 21.1. The Balaban J connectivity index is 1.55. The van der Waals surface area contributed by atoms with Gasteiger partial charge < -0.3 is 5.32 Å². The molecule has 0 saturated carbocycles. The van der Waals surface area contributed by atoms with E-state index in [0.717, 1.165) is 28.5 Å². The van der Waals surface area contributed by atoms with Gasteiger partial charge in [-0.05, 0) is 53.1 Å². The molecular formula is C23H17F2NOS. The summed E-state index contributed by atoms with van der Waals surface area (Å²) in [5.74, 6) is -1.98. The monoisotopic (exact) mass is 393 g/mol. The van der Waals surface area contributed by atoms with Gasteiger partial charge >= 0.3 is 0 Å². The van der Waals surface area contributed by atoms with Crippen LogP contribution in [0.2, 0.25) is 0 Å². The quantitative estimate of drug-likeness (QED) is 0.431. The van der Waals surface area contributed by atoms with E-state index in [0.29, 0.717) is 15.3 Å². The topological polar surface area (TPSA) is 29.1 Å². The largest absolute Gasteiger partial charge is 0.345 e. The van der Waals surface area contributed by atoms with Gasteiger partial charge in [-0.1, -0.05) is 48.5 Å². The summed E-state index contributed by atoms with van der Waals surface area (Å²) in [6.07, 6.45) is 0. The van der Waals surface area contributed by atoms with E-state index in [1.165, 1.54) is 17.4 Å². The minimum absolute atomic E-state index is 0.174. The highest BCUT2D eigenvalue weighted by atomic mass is 32.1. The van der Waals surface area contributed by atoms with E-state index in [1.54, 1.807) is 12.1 Å². The molecule has 0 unspecified atom stereocenters.